The summed E-state index contributed by atoms with van der Waals surface area (Å²) in [5.41, 5.74) is 9.85. The van der Waals surface area contributed by atoms with Gasteiger partial charge < -0.3 is 10.6 Å². The molecule has 1 aliphatic rings. The summed E-state index contributed by atoms with van der Waals surface area (Å²) in [6.45, 7) is 2.82. The third-order valence-electron chi connectivity index (χ3n) is 4.02. The molecule has 0 amide bonds. The number of nitrogens with two attached hydrogens (primary N) is 1. The normalized spacial score (nSPS) is 17.1. The van der Waals surface area contributed by atoms with Crippen LogP contribution in [-0.2, 0) is 6.54 Å². The number of para-hydroxylation sites is 1. The Balaban J connectivity index is 2.25. The fourth-order valence-electron chi connectivity index (χ4n) is 3.04. The first kappa shape index (κ1) is 12.4. The topological polar surface area (TPSA) is 29.3 Å². The van der Waals surface area contributed by atoms with Crippen molar-refractivity contribution in [3.63, 3.8) is 0 Å². The molecular formula is C15H24N2. The van der Waals surface area contributed by atoms with Crippen molar-refractivity contribution >= 4 is 5.69 Å². The zero-order valence-electron chi connectivity index (χ0n) is 11.1. The van der Waals surface area contributed by atoms with Gasteiger partial charge in [0.15, 0.2) is 0 Å². The molecule has 0 heterocycles. The maximum atomic E-state index is 5.86. The van der Waals surface area contributed by atoms with Crippen LogP contribution < -0.4 is 10.6 Å². The average Bonchev–Trinajstić information content (AvgIpc) is 2.38. The van der Waals surface area contributed by atoms with E-state index in [-0.39, 0.29) is 0 Å². The predicted molar refractivity (Wildman–Crippen MR) is 74.3 cm³/mol. The van der Waals surface area contributed by atoms with Crippen molar-refractivity contribution in [2.45, 2.75) is 51.6 Å². The number of benzene rings is 1. The van der Waals surface area contributed by atoms with Gasteiger partial charge in [-0.25, -0.2) is 0 Å². The third-order valence-corrected chi connectivity index (χ3v) is 4.02. The second-order valence-corrected chi connectivity index (χ2v) is 5.19. The number of nitrogens with zero attached hydrogens (tertiary/aromatic N) is 1. The second-order valence-electron chi connectivity index (χ2n) is 5.19. The Labute approximate surface area is 105 Å². The molecule has 0 aliphatic heterocycles. The molecule has 0 atom stereocenters. The van der Waals surface area contributed by atoms with E-state index in [1.54, 1.807) is 0 Å². The first-order valence-electron chi connectivity index (χ1n) is 6.75. The summed E-state index contributed by atoms with van der Waals surface area (Å²) in [7, 11) is 2.23. The highest BCUT2D eigenvalue weighted by atomic mass is 15.1. The van der Waals surface area contributed by atoms with Gasteiger partial charge in [0.2, 0.25) is 0 Å². The van der Waals surface area contributed by atoms with E-state index in [0.29, 0.717) is 12.6 Å². The smallest absolute Gasteiger partial charge is 0.0441 e. The van der Waals surface area contributed by atoms with E-state index in [1.807, 2.05) is 0 Å². The minimum Gasteiger partial charge on any atom is -0.371 e. The van der Waals surface area contributed by atoms with Gasteiger partial charge in [0.25, 0.3) is 0 Å². The van der Waals surface area contributed by atoms with E-state index in [2.05, 4.69) is 37.1 Å². The van der Waals surface area contributed by atoms with E-state index in [4.69, 9.17) is 5.73 Å². The molecular weight excluding hydrogens is 208 g/mol. The molecule has 0 saturated heterocycles. The third kappa shape index (κ3) is 2.63. The van der Waals surface area contributed by atoms with Gasteiger partial charge in [-0.1, -0.05) is 37.5 Å². The van der Waals surface area contributed by atoms with Gasteiger partial charge in [0.05, 0.1) is 0 Å². The van der Waals surface area contributed by atoms with Gasteiger partial charge in [0, 0.05) is 25.3 Å². The minimum atomic E-state index is 0.633. The van der Waals surface area contributed by atoms with Crippen LogP contribution >= 0.6 is 0 Å². The maximum absolute atomic E-state index is 5.86. The second kappa shape index (κ2) is 5.54. The lowest BCUT2D eigenvalue weighted by atomic mass is 9.93. The summed E-state index contributed by atoms with van der Waals surface area (Å²) in [5.74, 6) is 0. The van der Waals surface area contributed by atoms with Crippen molar-refractivity contribution in [3.05, 3.63) is 29.3 Å². The molecule has 94 valence electrons. The van der Waals surface area contributed by atoms with E-state index in [0.717, 1.165) is 0 Å². The Bertz CT molecular complexity index is 367. The first-order chi connectivity index (χ1) is 8.24. The van der Waals surface area contributed by atoms with Crippen molar-refractivity contribution in [1.29, 1.82) is 0 Å². The van der Waals surface area contributed by atoms with E-state index < -0.39 is 0 Å². The molecule has 17 heavy (non-hydrogen) atoms. The van der Waals surface area contributed by atoms with Crippen LogP contribution in [-0.4, -0.2) is 13.1 Å². The maximum Gasteiger partial charge on any atom is 0.0441 e. The lowest BCUT2D eigenvalue weighted by molar-refractivity contribution is 0.427. The predicted octanol–water partition coefficient (Wildman–Crippen LogP) is 3.22. The van der Waals surface area contributed by atoms with E-state index in [1.165, 1.54) is 48.9 Å². The van der Waals surface area contributed by atoms with Gasteiger partial charge in [-0.2, -0.15) is 0 Å². The Hall–Kier alpha value is -1.02. The zero-order valence-corrected chi connectivity index (χ0v) is 11.1. The molecule has 0 spiro atoms. The first-order valence-corrected chi connectivity index (χ1v) is 6.75. The summed E-state index contributed by atoms with van der Waals surface area (Å²) in [4.78, 5) is 2.47. The van der Waals surface area contributed by atoms with Crippen molar-refractivity contribution in [3.8, 4) is 0 Å². The van der Waals surface area contributed by atoms with Crippen LogP contribution in [0.5, 0.6) is 0 Å². The highest BCUT2D eigenvalue weighted by Crippen LogP contribution is 2.30. The Morgan fingerprint density at radius 1 is 1.24 bits per heavy atom. The van der Waals surface area contributed by atoms with Crippen LogP contribution in [0, 0.1) is 6.92 Å². The molecule has 2 nitrogen and oxygen atoms in total. The van der Waals surface area contributed by atoms with Crippen LogP contribution in [0.4, 0.5) is 5.69 Å². The van der Waals surface area contributed by atoms with Gasteiger partial charge in [-0.15, -0.1) is 0 Å². The van der Waals surface area contributed by atoms with Crippen molar-refractivity contribution < 1.29 is 0 Å². The fraction of sp³-hybridized carbons (Fsp3) is 0.600. The molecule has 0 unspecified atom stereocenters. The van der Waals surface area contributed by atoms with Crippen LogP contribution in [0.25, 0.3) is 0 Å². The Morgan fingerprint density at radius 3 is 2.59 bits per heavy atom. The minimum absolute atomic E-state index is 0.633. The highest BCUT2D eigenvalue weighted by Gasteiger charge is 2.20. The molecule has 1 fully saturated rings. The number of rotatable bonds is 3. The van der Waals surface area contributed by atoms with Crippen molar-refractivity contribution in [1.82, 2.24) is 0 Å². The molecule has 1 saturated carbocycles. The molecule has 2 rings (SSSR count). The van der Waals surface area contributed by atoms with Crippen molar-refractivity contribution in [2.75, 3.05) is 11.9 Å². The molecule has 1 aromatic carbocycles. The highest BCUT2D eigenvalue weighted by molar-refractivity contribution is 5.59. The van der Waals surface area contributed by atoms with Gasteiger partial charge in [0.1, 0.15) is 0 Å². The summed E-state index contributed by atoms with van der Waals surface area (Å²) in [5, 5.41) is 0. The average molecular weight is 232 g/mol. The fourth-order valence-corrected chi connectivity index (χ4v) is 3.04. The van der Waals surface area contributed by atoms with Crippen LogP contribution in [0.15, 0.2) is 18.2 Å². The summed E-state index contributed by atoms with van der Waals surface area (Å²) in [6.07, 6.45) is 6.81. The lowest BCUT2D eigenvalue weighted by Gasteiger charge is -2.35. The van der Waals surface area contributed by atoms with Gasteiger partial charge in [-0.05, 0) is 30.9 Å². The summed E-state index contributed by atoms with van der Waals surface area (Å²) < 4.78 is 0. The standard InChI is InChI=1S/C15H24N2/c1-12-7-6-8-13(11-16)15(12)17(2)14-9-4-3-5-10-14/h6-8,14H,3-5,9-11,16H2,1-2H3. The quantitative estimate of drug-likeness (QED) is 0.867. The number of hydrogen-bond donors (Lipinski definition) is 1. The van der Waals surface area contributed by atoms with Crippen LogP contribution in [0.2, 0.25) is 0 Å². The molecule has 0 bridgehead atoms. The molecule has 0 radical (unpaired) electrons. The van der Waals surface area contributed by atoms with E-state index >= 15 is 0 Å². The number of hydrogen-bond acceptors (Lipinski definition) is 2. The zero-order chi connectivity index (χ0) is 12.3. The van der Waals surface area contributed by atoms with Crippen LogP contribution in [0.1, 0.15) is 43.2 Å². The number of anilines is 1. The SMILES string of the molecule is Cc1cccc(CN)c1N(C)C1CCCCC1. The Kier molecular flexibility index (Phi) is 4.06. The Morgan fingerprint density at radius 2 is 1.94 bits per heavy atom. The summed E-state index contributed by atoms with van der Waals surface area (Å²) >= 11 is 0. The van der Waals surface area contributed by atoms with Crippen molar-refractivity contribution in [2.24, 2.45) is 5.73 Å². The van der Waals surface area contributed by atoms with Crippen LogP contribution in [0.3, 0.4) is 0 Å². The molecule has 0 aromatic heterocycles. The molecule has 2 heteroatoms. The number of aryl methyl sites for hydroxylation is 1. The molecule has 2 N–H and O–H groups in total. The van der Waals surface area contributed by atoms with Gasteiger partial charge >= 0.3 is 0 Å². The van der Waals surface area contributed by atoms with Gasteiger partial charge in [-0.3, -0.25) is 0 Å². The monoisotopic (exact) mass is 232 g/mol. The molecule has 1 aromatic rings. The summed E-state index contributed by atoms with van der Waals surface area (Å²) in [6, 6.07) is 7.15. The van der Waals surface area contributed by atoms with E-state index in [9.17, 15) is 0 Å². The lowest BCUT2D eigenvalue weighted by Crippen LogP contribution is -2.34. The largest absolute Gasteiger partial charge is 0.371 e. The molecule has 1 aliphatic carbocycles.